The van der Waals surface area contributed by atoms with Crippen LogP contribution in [0.2, 0.25) is 0 Å². The van der Waals surface area contributed by atoms with E-state index in [0.29, 0.717) is 0 Å². The van der Waals surface area contributed by atoms with Crippen molar-refractivity contribution >= 4 is 11.8 Å². The molecule has 3 heteroatoms. The quantitative estimate of drug-likeness (QED) is 0.443. The van der Waals surface area contributed by atoms with Crippen LogP contribution in [0.5, 0.6) is 0 Å². The van der Waals surface area contributed by atoms with E-state index in [2.05, 4.69) is 0 Å². The summed E-state index contributed by atoms with van der Waals surface area (Å²) in [7, 11) is 0. The Morgan fingerprint density at radius 1 is 1.12 bits per heavy atom. The van der Waals surface area contributed by atoms with Crippen molar-refractivity contribution in [2.45, 2.75) is 7.43 Å². The SMILES string of the molecule is C.O=C1C=CC(=O)N1. The fourth-order valence-electron chi connectivity index (χ4n) is 0.356. The summed E-state index contributed by atoms with van der Waals surface area (Å²) < 4.78 is 0. The van der Waals surface area contributed by atoms with Crippen molar-refractivity contribution in [1.29, 1.82) is 0 Å². The van der Waals surface area contributed by atoms with Crippen molar-refractivity contribution < 1.29 is 9.59 Å². The summed E-state index contributed by atoms with van der Waals surface area (Å²) >= 11 is 0. The van der Waals surface area contributed by atoms with Crippen LogP contribution in [0.3, 0.4) is 0 Å². The normalized spacial score (nSPS) is 15.5. The number of hydrogen-bond donors (Lipinski definition) is 1. The van der Waals surface area contributed by atoms with E-state index in [0.717, 1.165) is 0 Å². The second-order valence-electron chi connectivity index (χ2n) is 1.19. The Morgan fingerprint density at radius 3 is 1.62 bits per heavy atom. The minimum atomic E-state index is -0.329. The van der Waals surface area contributed by atoms with Crippen LogP contribution in [0.4, 0.5) is 0 Å². The summed E-state index contributed by atoms with van der Waals surface area (Å²) in [4.78, 5) is 20.1. The van der Waals surface area contributed by atoms with E-state index in [-0.39, 0.29) is 19.2 Å². The van der Waals surface area contributed by atoms with Gasteiger partial charge in [-0.2, -0.15) is 0 Å². The first-order valence-electron chi connectivity index (χ1n) is 1.82. The fraction of sp³-hybridized carbons (Fsp3) is 0.200. The molecule has 0 unspecified atom stereocenters. The van der Waals surface area contributed by atoms with Gasteiger partial charge in [0.1, 0.15) is 0 Å². The molecule has 0 spiro atoms. The van der Waals surface area contributed by atoms with Gasteiger partial charge in [0.25, 0.3) is 11.8 Å². The van der Waals surface area contributed by atoms with E-state index >= 15 is 0 Å². The van der Waals surface area contributed by atoms with Crippen LogP contribution >= 0.6 is 0 Å². The van der Waals surface area contributed by atoms with E-state index in [1.165, 1.54) is 12.2 Å². The maximum absolute atomic E-state index is 10.0. The molecule has 44 valence electrons. The van der Waals surface area contributed by atoms with Gasteiger partial charge >= 0.3 is 0 Å². The molecule has 0 radical (unpaired) electrons. The second-order valence-corrected chi connectivity index (χ2v) is 1.19. The van der Waals surface area contributed by atoms with Gasteiger partial charge in [-0.3, -0.25) is 14.9 Å². The van der Waals surface area contributed by atoms with Gasteiger partial charge < -0.3 is 0 Å². The Bertz CT molecular complexity index is 133. The predicted octanol–water partition coefficient (Wildman–Crippen LogP) is -0.165. The Hall–Kier alpha value is -1.12. The maximum atomic E-state index is 10.0. The number of carbonyl (C=O) groups is 2. The summed E-state index contributed by atoms with van der Waals surface area (Å²) in [6.07, 6.45) is 2.39. The molecular formula is C5H7NO2. The Labute approximate surface area is 47.4 Å². The van der Waals surface area contributed by atoms with Crippen LogP contribution in [0.15, 0.2) is 12.2 Å². The largest absolute Gasteiger partial charge is 0.289 e. The molecule has 1 aliphatic rings. The molecular weight excluding hydrogens is 106 g/mol. The molecule has 8 heavy (non-hydrogen) atoms. The van der Waals surface area contributed by atoms with Gasteiger partial charge in [-0.05, 0) is 0 Å². The van der Waals surface area contributed by atoms with Crippen LogP contribution in [-0.4, -0.2) is 11.8 Å². The lowest BCUT2D eigenvalue weighted by Crippen LogP contribution is -2.19. The van der Waals surface area contributed by atoms with Crippen molar-refractivity contribution in [2.75, 3.05) is 0 Å². The van der Waals surface area contributed by atoms with E-state index in [9.17, 15) is 9.59 Å². The van der Waals surface area contributed by atoms with Crippen molar-refractivity contribution in [3.05, 3.63) is 12.2 Å². The van der Waals surface area contributed by atoms with Crippen LogP contribution in [-0.2, 0) is 9.59 Å². The monoisotopic (exact) mass is 113 g/mol. The van der Waals surface area contributed by atoms with Gasteiger partial charge in [0.05, 0.1) is 0 Å². The lowest BCUT2D eigenvalue weighted by molar-refractivity contribution is -0.123. The molecule has 3 nitrogen and oxygen atoms in total. The number of nitrogens with one attached hydrogen (secondary N) is 1. The lowest BCUT2D eigenvalue weighted by atomic mass is 10.6. The highest BCUT2D eigenvalue weighted by Crippen LogP contribution is 1.82. The molecule has 1 N–H and O–H groups in total. The topological polar surface area (TPSA) is 46.2 Å². The van der Waals surface area contributed by atoms with E-state index in [1.54, 1.807) is 0 Å². The molecule has 0 saturated carbocycles. The highest BCUT2D eigenvalue weighted by molar-refractivity contribution is 6.12. The van der Waals surface area contributed by atoms with Gasteiger partial charge in [-0.15, -0.1) is 0 Å². The van der Waals surface area contributed by atoms with Crippen molar-refractivity contribution in [3.8, 4) is 0 Å². The minimum absolute atomic E-state index is 0. The first-order valence-corrected chi connectivity index (χ1v) is 1.82. The zero-order valence-electron chi connectivity index (χ0n) is 3.47. The number of rotatable bonds is 0. The average Bonchev–Trinajstić information content (AvgIpc) is 1.87. The van der Waals surface area contributed by atoms with Gasteiger partial charge in [0.2, 0.25) is 0 Å². The number of hydrogen-bond acceptors (Lipinski definition) is 2. The average molecular weight is 113 g/mol. The van der Waals surface area contributed by atoms with Crippen LogP contribution in [0.25, 0.3) is 0 Å². The van der Waals surface area contributed by atoms with E-state index < -0.39 is 0 Å². The Balaban J connectivity index is 0.000000490. The van der Waals surface area contributed by atoms with Crippen LogP contribution < -0.4 is 5.32 Å². The standard InChI is InChI=1S/C4H3NO2.CH4/c6-3-1-2-4(7)5-3;/h1-2H,(H,5,6,7);1H4. The summed E-state index contributed by atoms with van der Waals surface area (Å²) in [6.45, 7) is 0. The summed E-state index contributed by atoms with van der Waals surface area (Å²) in [5.74, 6) is -0.657. The molecule has 0 aromatic carbocycles. The van der Waals surface area contributed by atoms with Gasteiger partial charge in [0, 0.05) is 12.2 Å². The van der Waals surface area contributed by atoms with Gasteiger partial charge in [-0.25, -0.2) is 0 Å². The molecule has 1 aliphatic heterocycles. The van der Waals surface area contributed by atoms with E-state index in [1.807, 2.05) is 5.32 Å². The summed E-state index contributed by atoms with van der Waals surface area (Å²) in [5, 5.41) is 2.03. The molecule has 0 saturated heterocycles. The highest BCUT2D eigenvalue weighted by Gasteiger charge is 2.06. The number of amides is 2. The Morgan fingerprint density at radius 2 is 1.50 bits per heavy atom. The third-order valence-electron chi connectivity index (χ3n) is 0.632. The molecule has 0 aromatic heterocycles. The van der Waals surface area contributed by atoms with Gasteiger partial charge in [0.15, 0.2) is 0 Å². The molecule has 1 heterocycles. The number of carbonyl (C=O) groups excluding carboxylic acids is 2. The molecule has 2 amide bonds. The zero-order chi connectivity index (χ0) is 5.28. The van der Waals surface area contributed by atoms with Crippen LogP contribution in [0, 0.1) is 0 Å². The first-order chi connectivity index (χ1) is 3.29. The smallest absolute Gasteiger partial charge is 0.250 e. The molecule has 0 aliphatic carbocycles. The summed E-state index contributed by atoms with van der Waals surface area (Å²) in [6, 6.07) is 0. The second kappa shape index (κ2) is 2.26. The molecule has 0 aromatic rings. The maximum Gasteiger partial charge on any atom is 0.250 e. The minimum Gasteiger partial charge on any atom is -0.289 e. The van der Waals surface area contributed by atoms with E-state index in [4.69, 9.17) is 0 Å². The molecule has 1 rings (SSSR count). The van der Waals surface area contributed by atoms with Gasteiger partial charge in [-0.1, -0.05) is 7.43 Å². The molecule has 0 bridgehead atoms. The number of imide groups is 1. The molecule has 0 fully saturated rings. The zero-order valence-corrected chi connectivity index (χ0v) is 3.47. The van der Waals surface area contributed by atoms with Crippen molar-refractivity contribution in [3.63, 3.8) is 0 Å². The van der Waals surface area contributed by atoms with Crippen molar-refractivity contribution in [2.24, 2.45) is 0 Å². The van der Waals surface area contributed by atoms with Crippen molar-refractivity contribution in [1.82, 2.24) is 5.32 Å². The third kappa shape index (κ3) is 1.18. The van der Waals surface area contributed by atoms with Crippen LogP contribution in [0.1, 0.15) is 7.43 Å². The first kappa shape index (κ1) is 6.88. The summed E-state index contributed by atoms with van der Waals surface area (Å²) in [5.41, 5.74) is 0. The lowest BCUT2D eigenvalue weighted by Gasteiger charge is -1.80. The predicted molar refractivity (Wildman–Crippen MR) is 29.0 cm³/mol. The fourth-order valence-corrected chi connectivity index (χ4v) is 0.356. The Kier molecular flexibility index (Phi) is 1.94. The highest BCUT2D eigenvalue weighted by atomic mass is 16.2. The molecule has 0 atom stereocenters. The third-order valence-corrected chi connectivity index (χ3v) is 0.632.